The van der Waals surface area contributed by atoms with Gasteiger partial charge in [0, 0.05) is 39.2 Å². The number of hydrogen-bond acceptors (Lipinski definition) is 2. The highest BCUT2D eigenvalue weighted by atomic mass is 15.1. The van der Waals surface area contributed by atoms with Crippen LogP contribution in [0.1, 0.15) is 30.5 Å². The van der Waals surface area contributed by atoms with Gasteiger partial charge in [0.2, 0.25) is 0 Å². The predicted molar refractivity (Wildman–Crippen MR) is 264 cm³/mol. The zero-order valence-electron chi connectivity index (χ0n) is 35.3. The Labute approximate surface area is 364 Å². The summed E-state index contributed by atoms with van der Waals surface area (Å²) in [5, 5.41) is 4.99. The third-order valence-electron chi connectivity index (χ3n) is 12.9. The molecule has 0 unspecified atom stereocenters. The lowest BCUT2D eigenvalue weighted by Gasteiger charge is -2.30. The van der Waals surface area contributed by atoms with E-state index < -0.39 is 0 Å². The molecule has 0 saturated heterocycles. The van der Waals surface area contributed by atoms with Crippen LogP contribution in [0.25, 0.3) is 54.9 Å². The van der Waals surface area contributed by atoms with Crippen LogP contribution in [-0.4, -0.2) is 0 Å². The van der Waals surface area contributed by atoms with Crippen molar-refractivity contribution in [1.82, 2.24) is 0 Å². The molecule has 0 amide bonds. The van der Waals surface area contributed by atoms with Crippen LogP contribution in [0.3, 0.4) is 0 Å². The molecule has 2 heteroatoms. The summed E-state index contributed by atoms with van der Waals surface area (Å²) in [5.41, 5.74) is 17.9. The molecule has 0 heterocycles. The summed E-state index contributed by atoms with van der Waals surface area (Å²) in [6.07, 6.45) is 0. The van der Waals surface area contributed by atoms with Crippen LogP contribution in [0.15, 0.2) is 224 Å². The first-order valence-electron chi connectivity index (χ1n) is 21.6. The average molecular weight is 795 g/mol. The minimum atomic E-state index is -0.251. The molecule has 0 fully saturated rings. The van der Waals surface area contributed by atoms with E-state index in [-0.39, 0.29) is 5.41 Å². The van der Waals surface area contributed by atoms with Crippen LogP contribution in [0.4, 0.5) is 34.1 Å². The van der Waals surface area contributed by atoms with Crippen molar-refractivity contribution in [3.05, 3.63) is 241 Å². The number of anilines is 6. The molecule has 0 N–H and O–H groups in total. The maximum Gasteiger partial charge on any atom is 0.0546 e. The summed E-state index contributed by atoms with van der Waals surface area (Å²) < 4.78 is 0. The van der Waals surface area contributed by atoms with Crippen LogP contribution in [0.2, 0.25) is 0 Å². The first-order valence-corrected chi connectivity index (χ1v) is 21.6. The Bertz CT molecular complexity index is 3260. The number of hydrogen-bond donors (Lipinski definition) is 0. The lowest BCUT2D eigenvalue weighted by atomic mass is 9.82. The maximum absolute atomic E-state index is 2.46. The summed E-state index contributed by atoms with van der Waals surface area (Å²) in [5.74, 6) is 0. The fraction of sp³-hybridized carbons (Fsp3) is 0.0667. The lowest BCUT2D eigenvalue weighted by molar-refractivity contribution is 0.660. The van der Waals surface area contributed by atoms with Crippen molar-refractivity contribution in [1.29, 1.82) is 0 Å². The maximum atomic E-state index is 2.46. The molecular formula is C60H46N2. The van der Waals surface area contributed by atoms with E-state index in [0.717, 1.165) is 28.4 Å². The molecule has 0 atom stereocenters. The summed E-state index contributed by atoms with van der Waals surface area (Å²) in [7, 11) is 0. The van der Waals surface area contributed by atoms with Crippen molar-refractivity contribution in [3.8, 4) is 33.4 Å². The van der Waals surface area contributed by atoms with Gasteiger partial charge < -0.3 is 9.80 Å². The van der Waals surface area contributed by atoms with Gasteiger partial charge >= 0.3 is 0 Å². The molecule has 0 aliphatic heterocycles. The Morgan fingerprint density at radius 1 is 0.323 bits per heavy atom. The highest BCUT2D eigenvalue weighted by Gasteiger charge is 2.37. The molecule has 0 saturated carbocycles. The van der Waals surface area contributed by atoms with Gasteiger partial charge in [0.15, 0.2) is 0 Å². The Morgan fingerprint density at radius 2 is 0.774 bits per heavy atom. The van der Waals surface area contributed by atoms with Gasteiger partial charge in [-0.2, -0.15) is 0 Å². The van der Waals surface area contributed by atoms with Gasteiger partial charge in [-0.05, 0) is 140 Å². The quantitative estimate of drug-likeness (QED) is 0.141. The molecule has 1 aliphatic rings. The third kappa shape index (κ3) is 6.44. The SMILES string of the molecule is Cc1cccc(N(c2ccc3c(c2)C(C)(C)c2cc(N(c4ccccc4)c4ccc(-c5ccc(-c6ccccc6)cc5)cc4)ccc2-3)c2cc3ccccc3c3ccccc23)c1. The number of nitrogens with zero attached hydrogens (tertiary/aromatic N) is 2. The van der Waals surface area contributed by atoms with Crippen molar-refractivity contribution in [2.75, 3.05) is 9.80 Å². The Hall–Kier alpha value is -7.68. The van der Waals surface area contributed by atoms with Crippen LogP contribution < -0.4 is 9.80 Å². The van der Waals surface area contributed by atoms with E-state index in [0.29, 0.717) is 0 Å². The Morgan fingerprint density at radius 3 is 1.40 bits per heavy atom. The highest BCUT2D eigenvalue weighted by Crippen LogP contribution is 2.53. The van der Waals surface area contributed by atoms with E-state index >= 15 is 0 Å². The molecule has 0 spiro atoms. The van der Waals surface area contributed by atoms with Gasteiger partial charge in [-0.15, -0.1) is 0 Å². The number of benzene rings is 10. The van der Waals surface area contributed by atoms with Gasteiger partial charge in [0.1, 0.15) is 0 Å². The van der Waals surface area contributed by atoms with Gasteiger partial charge in [-0.3, -0.25) is 0 Å². The first-order chi connectivity index (χ1) is 30.4. The Balaban J connectivity index is 0.982. The second kappa shape index (κ2) is 15.1. The number of aryl methyl sites for hydroxylation is 1. The topological polar surface area (TPSA) is 6.48 Å². The predicted octanol–water partition coefficient (Wildman–Crippen LogP) is 16.9. The van der Waals surface area contributed by atoms with Crippen LogP contribution >= 0.6 is 0 Å². The minimum absolute atomic E-state index is 0.251. The second-order valence-electron chi connectivity index (χ2n) is 17.1. The molecule has 10 aromatic rings. The first kappa shape index (κ1) is 37.3. The van der Waals surface area contributed by atoms with Crippen molar-refractivity contribution >= 4 is 55.7 Å². The molecule has 10 aromatic carbocycles. The minimum Gasteiger partial charge on any atom is -0.310 e. The van der Waals surface area contributed by atoms with Crippen LogP contribution in [0.5, 0.6) is 0 Å². The summed E-state index contributed by atoms with van der Waals surface area (Å²) in [6, 6.07) is 82.2. The molecule has 2 nitrogen and oxygen atoms in total. The largest absolute Gasteiger partial charge is 0.310 e. The summed E-state index contributed by atoms with van der Waals surface area (Å²) >= 11 is 0. The van der Waals surface area contributed by atoms with E-state index in [1.165, 1.54) is 77.3 Å². The summed E-state index contributed by atoms with van der Waals surface area (Å²) in [6.45, 7) is 6.95. The van der Waals surface area contributed by atoms with Crippen molar-refractivity contribution in [2.24, 2.45) is 0 Å². The third-order valence-corrected chi connectivity index (χ3v) is 12.9. The van der Waals surface area contributed by atoms with E-state index in [2.05, 4.69) is 255 Å². The molecule has 0 aromatic heterocycles. The van der Waals surface area contributed by atoms with Crippen molar-refractivity contribution < 1.29 is 0 Å². The van der Waals surface area contributed by atoms with Gasteiger partial charge in [-0.1, -0.05) is 172 Å². The number of para-hydroxylation sites is 1. The molecule has 0 radical (unpaired) electrons. The molecular weight excluding hydrogens is 749 g/mol. The van der Waals surface area contributed by atoms with E-state index in [1.807, 2.05) is 0 Å². The van der Waals surface area contributed by atoms with Crippen molar-refractivity contribution in [3.63, 3.8) is 0 Å². The van der Waals surface area contributed by atoms with Crippen LogP contribution in [-0.2, 0) is 5.41 Å². The van der Waals surface area contributed by atoms with Crippen molar-refractivity contribution in [2.45, 2.75) is 26.2 Å². The molecule has 1 aliphatic carbocycles. The second-order valence-corrected chi connectivity index (χ2v) is 17.1. The van der Waals surface area contributed by atoms with E-state index in [4.69, 9.17) is 0 Å². The number of rotatable bonds is 8. The van der Waals surface area contributed by atoms with Gasteiger partial charge in [-0.25, -0.2) is 0 Å². The normalized spacial score (nSPS) is 12.6. The lowest BCUT2D eigenvalue weighted by Crippen LogP contribution is -2.18. The monoisotopic (exact) mass is 794 g/mol. The smallest absolute Gasteiger partial charge is 0.0546 e. The fourth-order valence-electron chi connectivity index (χ4n) is 9.72. The van der Waals surface area contributed by atoms with Gasteiger partial charge in [0.05, 0.1) is 5.69 Å². The average Bonchev–Trinajstić information content (AvgIpc) is 3.55. The van der Waals surface area contributed by atoms with E-state index in [9.17, 15) is 0 Å². The van der Waals surface area contributed by atoms with Crippen LogP contribution in [0, 0.1) is 6.92 Å². The standard InChI is InChI=1S/C60H46N2/c1-41-15-14-21-49(37-41)62(59-38-46-18-10-11-22-52(46)53-23-12-13-24-56(53)59)51-34-36-55-54-35-33-50(39-57(54)60(2,3)58(55)40-51)61(47-19-8-5-9-20-47)48-31-29-45(30-32-48)44-27-25-43(26-28-44)42-16-6-4-7-17-42/h4-40H,1-3H3. The zero-order valence-corrected chi connectivity index (χ0v) is 35.3. The van der Waals surface area contributed by atoms with Gasteiger partial charge in [0.25, 0.3) is 0 Å². The summed E-state index contributed by atoms with van der Waals surface area (Å²) in [4.78, 5) is 4.85. The molecule has 296 valence electrons. The zero-order chi connectivity index (χ0) is 41.8. The fourth-order valence-corrected chi connectivity index (χ4v) is 9.72. The number of fused-ring (bicyclic) bond motifs is 6. The molecule has 0 bridgehead atoms. The highest BCUT2D eigenvalue weighted by molar-refractivity contribution is 6.14. The Kier molecular flexibility index (Phi) is 9.09. The van der Waals surface area contributed by atoms with E-state index in [1.54, 1.807) is 0 Å². The molecule has 11 rings (SSSR count). The molecule has 62 heavy (non-hydrogen) atoms.